The predicted octanol–water partition coefficient (Wildman–Crippen LogP) is 3.47. The Bertz CT molecular complexity index is 768. The monoisotopic (exact) mass is 314 g/mol. The van der Waals surface area contributed by atoms with E-state index in [0.29, 0.717) is 22.3 Å². The molecular weight excluding hydrogens is 296 g/mol. The highest BCUT2D eigenvalue weighted by atomic mass is 35.5. The van der Waals surface area contributed by atoms with E-state index in [1.54, 1.807) is 6.07 Å². The Kier molecular flexibility index (Phi) is 4.08. The van der Waals surface area contributed by atoms with E-state index in [1.165, 1.54) is 12.8 Å². The van der Waals surface area contributed by atoms with Gasteiger partial charge >= 0.3 is 0 Å². The molecule has 1 aliphatic rings. The Morgan fingerprint density at radius 3 is 2.55 bits per heavy atom. The summed E-state index contributed by atoms with van der Waals surface area (Å²) in [6.07, 6.45) is 2.39. The van der Waals surface area contributed by atoms with Gasteiger partial charge in [0.05, 0.1) is 16.1 Å². The fourth-order valence-electron chi connectivity index (χ4n) is 2.34. The third kappa shape index (κ3) is 2.95. The van der Waals surface area contributed by atoms with Crippen LogP contribution in [0.25, 0.3) is 11.0 Å². The summed E-state index contributed by atoms with van der Waals surface area (Å²) < 4.78 is 0. The van der Waals surface area contributed by atoms with Gasteiger partial charge in [0.2, 0.25) is 0 Å². The number of hydrogen-bond acceptors (Lipinski definition) is 4. The molecule has 1 aromatic heterocycles. The fraction of sp³-hybridized carbons (Fsp3) is 0.412. The lowest BCUT2D eigenvalue weighted by molar-refractivity contribution is 0.848. The van der Waals surface area contributed by atoms with Crippen LogP contribution in [0, 0.1) is 17.8 Å². The van der Waals surface area contributed by atoms with Crippen LogP contribution in [0.15, 0.2) is 12.1 Å². The lowest BCUT2D eigenvalue weighted by Crippen LogP contribution is -2.24. The zero-order valence-electron chi connectivity index (χ0n) is 12.9. The summed E-state index contributed by atoms with van der Waals surface area (Å²) in [5.41, 5.74) is 8.34. The molecule has 0 bridgehead atoms. The molecule has 1 saturated carbocycles. The summed E-state index contributed by atoms with van der Waals surface area (Å²) in [6.45, 7) is 5.82. The SMILES string of the molecule is CCN(CC)c1nc2cc(C#CC3CC3)c(Cl)cc2nc1N. The van der Waals surface area contributed by atoms with Crippen LogP contribution < -0.4 is 10.6 Å². The molecule has 0 radical (unpaired) electrons. The number of rotatable bonds is 3. The van der Waals surface area contributed by atoms with Gasteiger partial charge in [-0.1, -0.05) is 23.4 Å². The molecular formula is C17H19ClN4. The third-order valence-corrected chi connectivity index (χ3v) is 4.12. The van der Waals surface area contributed by atoms with Gasteiger partial charge in [0.25, 0.3) is 0 Å². The second-order valence-corrected chi connectivity index (χ2v) is 5.88. The molecule has 0 unspecified atom stereocenters. The number of nitrogens with two attached hydrogens (primary N) is 1. The standard InChI is InChI=1S/C17H19ClN4/c1-3-22(4-2)17-16(19)20-15-10-13(18)12(9-14(15)21-17)8-7-11-5-6-11/h9-11H,3-6H2,1-2H3,(H2,19,20). The molecule has 114 valence electrons. The Balaban J connectivity index is 2.09. The quantitative estimate of drug-likeness (QED) is 0.881. The maximum atomic E-state index is 6.29. The first-order valence-corrected chi connectivity index (χ1v) is 8.03. The summed E-state index contributed by atoms with van der Waals surface area (Å²) >= 11 is 6.29. The summed E-state index contributed by atoms with van der Waals surface area (Å²) in [7, 11) is 0. The fourth-order valence-corrected chi connectivity index (χ4v) is 2.55. The smallest absolute Gasteiger partial charge is 0.172 e. The van der Waals surface area contributed by atoms with Gasteiger partial charge in [-0.2, -0.15) is 0 Å². The van der Waals surface area contributed by atoms with Crippen LogP contribution >= 0.6 is 11.6 Å². The van der Waals surface area contributed by atoms with Crippen LogP contribution in [0.3, 0.4) is 0 Å². The minimum atomic E-state index is 0.434. The lowest BCUT2D eigenvalue weighted by Gasteiger charge is -2.21. The van der Waals surface area contributed by atoms with Crippen LogP contribution in [0.2, 0.25) is 5.02 Å². The van der Waals surface area contributed by atoms with Crippen LogP contribution in [0.4, 0.5) is 11.6 Å². The molecule has 0 atom stereocenters. The van der Waals surface area contributed by atoms with Crippen molar-refractivity contribution in [3.63, 3.8) is 0 Å². The number of nitrogen functional groups attached to an aromatic ring is 1. The molecule has 1 fully saturated rings. The second kappa shape index (κ2) is 6.02. The summed E-state index contributed by atoms with van der Waals surface area (Å²) in [5.74, 6) is 8.09. The molecule has 0 aliphatic heterocycles. The minimum Gasteiger partial charge on any atom is -0.381 e. The number of hydrogen-bond donors (Lipinski definition) is 1. The van der Waals surface area contributed by atoms with Crippen molar-refractivity contribution in [1.29, 1.82) is 0 Å². The number of nitrogens with zero attached hydrogens (tertiary/aromatic N) is 3. The first-order chi connectivity index (χ1) is 10.6. The Labute approximate surface area is 135 Å². The van der Waals surface area contributed by atoms with Crippen LogP contribution in [0.1, 0.15) is 32.3 Å². The van der Waals surface area contributed by atoms with Gasteiger partial charge in [-0.15, -0.1) is 0 Å². The normalized spacial score (nSPS) is 13.8. The number of anilines is 2. The summed E-state index contributed by atoms with van der Waals surface area (Å²) in [4.78, 5) is 11.2. The largest absolute Gasteiger partial charge is 0.381 e. The number of aromatic nitrogens is 2. The van der Waals surface area contributed by atoms with Gasteiger partial charge in [-0.3, -0.25) is 0 Å². The van der Waals surface area contributed by atoms with Gasteiger partial charge in [-0.25, -0.2) is 9.97 Å². The second-order valence-electron chi connectivity index (χ2n) is 5.47. The van der Waals surface area contributed by atoms with Gasteiger partial charge in [0.1, 0.15) is 0 Å². The van der Waals surface area contributed by atoms with Gasteiger partial charge in [0.15, 0.2) is 11.6 Å². The molecule has 1 aromatic carbocycles. The van der Waals surface area contributed by atoms with E-state index >= 15 is 0 Å². The van der Waals surface area contributed by atoms with Crippen molar-refractivity contribution in [3.8, 4) is 11.8 Å². The topological polar surface area (TPSA) is 55.0 Å². The molecule has 2 N–H and O–H groups in total. The van der Waals surface area contributed by atoms with Crippen molar-refractivity contribution in [1.82, 2.24) is 9.97 Å². The average molecular weight is 315 g/mol. The minimum absolute atomic E-state index is 0.434. The van der Waals surface area contributed by atoms with E-state index in [4.69, 9.17) is 17.3 Å². The van der Waals surface area contributed by atoms with Crippen molar-refractivity contribution in [2.24, 2.45) is 5.92 Å². The first-order valence-electron chi connectivity index (χ1n) is 7.65. The van der Waals surface area contributed by atoms with Crippen molar-refractivity contribution < 1.29 is 0 Å². The third-order valence-electron chi connectivity index (χ3n) is 3.81. The molecule has 1 heterocycles. The summed E-state index contributed by atoms with van der Waals surface area (Å²) in [6, 6.07) is 3.70. The van der Waals surface area contributed by atoms with E-state index in [1.807, 2.05) is 6.07 Å². The Hall–Kier alpha value is -1.99. The highest BCUT2D eigenvalue weighted by Crippen LogP contribution is 2.29. The van der Waals surface area contributed by atoms with Crippen LogP contribution in [-0.4, -0.2) is 23.1 Å². The van der Waals surface area contributed by atoms with Gasteiger partial charge in [-0.05, 0) is 38.8 Å². The molecule has 0 amide bonds. The zero-order valence-corrected chi connectivity index (χ0v) is 13.6. The molecule has 5 heteroatoms. The van der Waals surface area contributed by atoms with Crippen molar-refractivity contribution in [2.75, 3.05) is 23.7 Å². The molecule has 3 rings (SSSR count). The highest BCUT2D eigenvalue weighted by molar-refractivity contribution is 6.32. The summed E-state index contributed by atoms with van der Waals surface area (Å²) in [5, 5.41) is 0.602. The van der Waals surface area contributed by atoms with E-state index in [0.717, 1.165) is 30.0 Å². The van der Waals surface area contributed by atoms with Crippen LogP contribution in [-0.2, 0) is 0 Å². The number of fused-ring (bicyclic) bond motifs is 1. The maximum absolute atomic E-state index is 6.29. The van der Waals surface area contributed by atoms with Crippen LogP contribution in [0.5, 0.6) is 0 Å². The molecule has 1 aliphatic carbocycles. The predicted molar refractivity (Wildman–Crippen MR) is 92.1 cm³/mol. The molecule has 0 saturated heterocycles. The van der Waals surface area contributed by atoms with Crippen molar-refractivity contribution in [2.45, 2.75) is 26.7 Å². The molecule has 2 aromatic rings. The lowest BCUT2D eigenvalue weighted by atomic mass is 10.2. The molecule has 22 heavy (non-hydrogen) atoms. The number of halogens is 1. The van der Waals surface area contributed by atoms with E-state index < -0.39 is 0 Å². The molecule has 0 spiro atoms. The first kappa shape index (κ1) is 14.9. The zero-order chi connectivity index (χ0) is 15.7. The molecule has 4 nitrogen and oxygen atoms in total. The highest BCUT2D eigenvalue weighted by Gasteiger charge is 2.18. The Morgan fingerprint density at radius 2 is 1.91 bits per heavy atom. The van der Waals surface area contributed by atoms with Crippen molar-refractivity contribution >= 4 is 34.3 Å². The number of benzene rings is 1. The van der Waals surface area contributed by atoms with Gasteiger partial charge < -0.3 is 10.6 Å². The average Bonchev–Trinajstić information content (AvgIpc) is 3.31. The van der Waals surface area contributed by atoms with E-state index in [2.05, 4.69) is 40.6 Å². The van der Waals surface area contributed by atoms with Gasteiger partial charge in [0, 0.05) is 24.6 Å². The maximum Gasteiger partial charge on any atom is 0.172 e. The van der Waals surface area contributed by atoms with E-state index in [-0.39, 0.29) is 0 Å². The van der Waals surface area contributed by atoms with E-state index in [9.17, 15) is 0 Å². The van der Waals surface area contributed by atoms with Crippen molar-refractivity contribution in [3.05, 3.63) is 22.7 Å². The Morgan fingerprint density at radius 1 is 1.23 bits per heavy atom.